The molecule has 1 aromatic carbocycles. The topological polar surface area (TPSA) is 103 Å². The van der Waals surface area contributed by atoms with E-state index < -0.39 is 5.91 Å². The smallest absolute Gasteiger partial charge is 0.271 e. The fourth-order valence-corrected chi connectivity index (χ4v) is 2.49. The highest BCUT2D eigenvalue weighted by Crippen LogP contribution is 2.31. The lowest BCUT2D eigenvalue weighted by Crippen LogP contribution is -2.28. The predicted octanol–water partition coefficient (Wildman–Crippen LogP) is 2.60. The molecule has 0 spiro atoms. The number of aromatic nitrogens is 2. The van der Waals surface area contributed by atoms with Gasteiger partial charge in [-0.1, -0.05) is 31.1 Å². The second kappa shape index (κ2) is 8.48. The van der Waals surface area contributed by atoms with E-state index in [0.717, 1.165) is 5.56 Å². The minimum absolute atomic E-state index is 0.115. The van der Waals surface area contributed by atoms with Gasteiger partial charge in [-0.2, -0.15) is 4.98 Å². The summed E-state index contributed by atoms with van der Waals surface area (Å²) in [5.74, 6) is 1.28. The van der Waals surface area contributed by atoms with Crippen molar-refractivity contribution in [2.24, 2.45) is 10.9 Å². The molecule has 0 aliphatic rings. The van der Waals surface area contributed by atoms with Crippen molar-refractivity contribution in [2.45, 2.75) is 26.7 Å². The van der Waals surface area contributed by atoms with Crippen molar-refractivity contribution in [1.29, 1.82) is 0 Å². The van der Waals surface area contributed by atoms with Crippen LogP contribution in [-0.4, -0.2) is 42.8 Å². The van der Waals surface area contributed by atoms with E-state index in [1.54, 1.807) is 25.9 Å². The molecule has 1 amide bonds. The van der Waals surface area contributed by atoms with E-state index in [-0.39, 0.29) is 17.2 Å². The summed E-state index contributed by atoms with van der Waals surface area (Å²) in [6.07, 6.45) is 0. The monoisotopic (exact) mass is 371 g/mol. The number of primary amides is 1. The Bertz CT molecular complexity index is 862. The van der Waals surface area contributed by atoms with Gasteiger partial charge in [0.05, 0.1) is 0 Å². The lowest BCUT2D eigenvalue weighted by molar-refractivity contribution is -0.112. The summed E-state index contributed by atoms with van der Waals surface area (Å²) in [6, 6.07) is 7.68. The number of oxime groups is 1. The van der Waals surface area contributed by atoms with E-state index in [1.165, 1.54) is 7.11 Å². The highest BCUT2D eigenvalue weighted by Gasteiger charge is 2.26. The second-order valence-electron chi connectivity index (χ2n) is 6.48. The van der Waals surface area contributed by atoms with Gasteiger partial charge in [0.25, 0.3) is 5.91 Å². The van der Waals surface area contributed by atoms with Crippen LogP contribution >= 0.6 is 0 Å². The quantitative estimate of drug-likeness (QED) is 0.593. The van der Waals surface area contributed by atoms with Crippen molar-refractivity contribution < 1.29 is 14.4 Å². The van der Waals surface area contributed by atoms with Gasteiger partial charge in [-0.3, -0.25) is 4.79 Å². The van der Waals surface area contributed by atoms with Crippen LogP contribution in [0.3, 0.4) is 0 Å². The first-order valence-electron chi connectivity index (χ1n) is 8.49. The molecule has 27 heavy (non-hydrogen) atoms. The van der Waals surface area contributed by atoms with Crippen LogP contribution in [0.2, 0.25) is 0 Å². The summed E-state index contributed by atoms with van der Waals surface area (Å²) in [5.41, 5.74) is 6.79. The first kappa shape index (κ1) is 20.2. The number of anilines is 1. The Kier molecular flexibility index (Phi) is 6.33. The number of carbonyl (C=O) groups is 1. The number of benzene rings is 1. The molecule has 1 heterocycles. The molecule has 8 heteroatoms. The third-order valence-corrected chi connectivity index (χ3v) is 3.78. The first-order chi connectivity index (χ1) is 12.7. The molecule has 144 valence electrons. The zero-order chi connectivity index (χ0) is 20.1. The SMILES string of the molecule is CO/N=C(\C(N)=O)c1c(Oc2cccc(C(C)C)c2)nc(C)nc1N(C)C. The standard InChI is InChI=1S/C19H25N5O3/c1-11(2)13-8-7-9-14(10-13)27-19-15(16(17(20)25)23-26-6)18(24(4)5)21-12(3)22-19/h7-11H,1-6H3,(H2,20,25)/b23-16-. The third-order valence-electron chi connectivity index (χ3n) is 3.78. The van der Waals surface area contributed by atoms with E-state index in [9.17, 15) is 4.79 Å². The molecule has 0 saturated heterocycles. The molecular weight excluding hydrogens is 346 g/mol. The third kappa shape index (κ3) is 4.72. The zero-order valence-corrected chi connectivity index (χ0v) is 16.5. The molecule has 2 aromatic rings. The number of hydrogen-bond acceptors (Lipinski definition) is 7. The molecular formula is C19H25N5O3. The predicted molar refractivity (Wildman–Crippen MR) is 104 cm³/mol. The molecule has 0 aliphatic carbocycles. The number of aryl methyl sites for hydroxylation is 1. The van der Waals surface area contributed by atoms with Gasteiger partial charge in [0.2, 0.25) is 5.88 Å². The van der Waals surface area contributed by atoms with Crippen molar-refractivity contribution in [1.82, 2.24) is 9.97 Å². The Morgan fingerprint density at radius 1 is 1.26 bits per heavy atom. The summed E-state index contributed by atoms with van der Waals surface area (Å²) in [7, 11) is 4.92. The van der Waals surface area contributed by atoms with Crippen LogP contribution in [0, 0.1) is 6.92 Å². The van der Waals surface area contributed by atoms with Gasteiger partial charge in [-0.25, -0.2) is 4.98 Å². The lowest BCUT2D eigenvalue weighted by atomic mass is 10.0. The number of hydrogen-bond donors (Lipinski definition) is 1. The number of amides is 1. The van der Waals surface area contributed by atoms with Gasteiger partial charge in [0.1, 0.15) is 30.1 Å². The largest absolute Gasteiger partial charge is 0.438 e. The number of nitrogens with zero attached hydrogens (tertiary/aromatic N) is 4. The van der Waals surface area contributed by atoms with Gasteiger partial charge < -0.3 is 20.2 Å². The Labute approximate surface area is 159 Å². The average Bonchev–Trinajstić information content (AvgIpc) is 2.59. The van der Waals surface area contributed by atoms with Gasteiger partial charge >= 0.3 is 0 Å². The minimum Gasteiger partial charge on any atom is -0.438 e. The summed E-state index contributed by atoms with van der Waals surface area (Å²) in [6.45, 7) is 5.94. The van der Waals surface area contributed by atoms with Crippen molar-refractivity contribution in [3.8, 4) is 11.6 Å². The molecule has 0 aliphatic heterocycles. The van der Waals surface area contributed by atoms with E-state index in [2.05, 4.69) is 29.0 Å². The van der Waals surface area contributed by atoms with Crippen LogP contribution in [0.15, 0.2) is 29.4 Å². The Balaban J connectivity index is 2.66. The molecule has 0 bridgehead atoms. The molecule has 2 N–H and O–H groups in total. The van der Waals surface area contributed by atoms with Crippen molar-refractivity contribution >= 4 is 17.4 Å². The van der Waals surface area contributed by atoms with E-state index in [4.69, 9.17) is 15.3 Å². The zero-order valence-electron chi connectivity index (χ0n) is 16.5. The van der Waals surface area contributed by atoms with Gasteiger partial charge in [-0.15, -0.1) is 0 Å². The van der Waals surface area contributed by atoms with E-state index in [1.807, 2.05) is 24.3 Å². The molecule has 0 saturated carbocycles. The minimum atomic E-state index is -0.770. The lowest BCUT2D eigenvalue weighted by Gasteiger charge is -2.19. The van der Waals surface area contributed by atoms with Crippen LogP contribution in [0.5, 0.6) is 11.6 Å². The number of nitrogens with two attached hydrogens (primary N) is 1. The summed E-state index contributed by atoms with van der Waals surface area (Å²) in [4.78, 5) is 27.3. The van der Waals surface area contributed by atoms with Crippen molar-refractivity contribution in [3.05, 3.63) is 41.2 Å². The van der Waals surface area contributed by atoms with Crippen LogP contribution in [0.4, 0.5) is 5.82 Å². The molecule has 8 nitrogen and oxygen atoms in total. The van der Waals surface area contributed by atoms with E-state index in [0.29, 0.717) is 23.3 Å². The van der Waals surface area contributed by atoms with Crippen molar-refractivity contribution in [3.63, 3.8) is 0 Å². The highest BCUT2D eigenvalue weighted by atomic mass is 16.6. The molecule has 2 rings (SSSR count). The van der Waals surface area contributed by atoms with Crippen LogP contribution in [-0.2, 0) is 9.63 Å². The Morgan fingerprint density at radius 2 is 1.96 bits per heavy atom. The normalized spacial score (nSPS) is 11.4. The Morgan fingerprint density at radius 3 is 2.52 bits per heavy atom. The fourth-order valence-electron chi connectivity index (χ4n) is 2.49. The molecule has 0 atom stereocenters. The molecule has 0 radical (unpaired) electrons. The van der Waals surface area contributed by atoms with Crippen LogP contribution in [0.25, 0.3) is 0 Å². The van der Waals surface area contributed by atoms with Gasteiger partial charge in [0, 0.05) is 14.1 Å². The summed E-state index contributed by atoms with van der Waals surface area (Å²) >= 11 is 0. The Hall–Kier alpha value is -3.16. The molecule has 0 fully saturated rings. The van der Waals surface area contributed by atoms with Gasteiger partial charge in [-0.05, 0) is 30.5 Å². The maximum absolute atomic E-state index is 12.0. The van der Waals surface area contributed by atoms with E-state index >= 15 is 0 Å². The fraction of sp³-hybridized carbons (Fsp3) is 0.368. The molecule has 1 aromatic heterocycles. The maximum Gasteiger partial charge on any atom is 0.271 e. The highest BCUT2D eigenvalue weighted by molar-refractivity contribution is 6.46. The van der Waals surface area contributed by atoms with Crippen LogP contribution in [0.1, 0.15) is 36.7 Å². The average molecular weight is 371 g/mol. The van der Waals surface area contributed by atoms with Gasteiger partial charge in [0.15, 0.2) is 5.71 Å². The summed E-state index contributed by atoms with van der Waals surface area (Å²) in [5, 5.41) is 3.77. The first-order valence-corrected chi connectivity index (χ1v) is 8.49. The second-order valence-corrected chi connectivity index (χ2v) is 6.48. The molecule has 0 unspecified atom stereocenters. The van der Waals surface area contributed by atoms with Crippen LogP contribution < -0.4 is 15.4 Å². The summed E-state index contributed by atoms with van der Waals surface area (Å²) < 4.78 is 6.03. The number of carbonyl (C=O) groups excluding carboxylic acids is 1. The number of rotatable bonds is 7. The van der Waals surface area contributed by atoms with Crippen molar-refractivity contribution in [2.75, 3.05) is 26.1 Å². The number of ether oxygens (including phenoxy) is 1. The maximum atomic E-state index is 12.0.